The molecule has 22 heavy (non-hydrogen) atoms. The van der Waals surface area contributed by atoms with Gasteiger partial charge in [-0.15, -0.1) is 0 Å². The molecule has 0 unspecified atom stereocenters. The molecule has 0 radical (unpaired) electrons. The Hall–Kier alpha value is -2.50. The summed E-state index contributed by atoms with van der Waals surface area (Å²) < 4.78 is 13.2. The number of hydrogen-bond donors (Lipinski definition) is 2. The van der Waals surface area contributed by atoms with E-state index in [1.54, 1.807) is 0 Å². The molecule has 0 aliphatic heterocycles. The first-order valence-electron chi connectivity index (χ1n) is 7.10. The number of benzene rings is 1. The zero-order valence-corrected chi connectivity index (χ0v) is 12.2. The maximum atomic E-state index is 13.2. The predicted molar refractivity (Wildman–Crippen MR) is 80.1 cm³/mol. The van der Waals surface area contributed by atoms with Gasteiger partial charge in [0.05, 0.1) is 11.1 Å². The summed E-state index contributed by atoms with van der Waals surface area (Å²) in [5.41, 5.74) is 0.777. The minimum atomic E-state index is -1.07. The van der Waals surface area contributed by atoms with E-state index in [0.29, 0.717) is 23.7 Å². The average molecular weight is 304 g/mol. The number of aliphatic carboxylic acids is 1. The number of carbonyl (C=O) groups is 2. The monoisotopic (exact) mass is 304 g/mol. The van der Waals surface area contributed by atoms with Crippen LogP contribution in [-0.4, -0.2) is 28.0 Å². The summed E-state index contributed by atoms with van der Waals surface area (Å²) >= 11 is 0. The van der Waals surface area contributed by atoms with Crippen molar-refractivity contribution >= 4 is 22.8 Å². The van der Waals surface area contributed by atoms with Crippen LogP contribution in [0.3, 0.4) is 0 Å². The maximum Gasteiger partial charge on any atom is 0.326 e. The van der Waals surface area contributed by atoms with E-state index < -0.39 is 23.7 Å². The molecule has 0 fully saturated rings. The minimum Gasteiger partial charge on any atom is -0.480 e. The lowest BCUT2D eigenvalue weighted by atomic mass is 10.1. The number of amides is 1. The van der Waals surface area contributed by atoms with E-state index in [-0.39, 0.29) is 5.56 Å². The van der Waals surface area contributed by atoms with Gasteiger partial charge in [0.1, 0.15) is 11.9 Å². The van der Waals surface area contributed by atoms with Crippen molar-refractivity contribution in [2.24, 2.45) is 0 Å². The minimum absolute atomic E-state index is 0.209. The highest BCUT2D eigenvalue weighted by atomic mass is 19.1. The van der Waals surface area contributed by atoms with Gasteiger partial charge in [-0.3, -0.25) is 9.78 Å². The van der Waals surface area contributed by atoms with Gasteiger partial charge < -0.3 is 10.4 Å². The standard InChI is InChI=1S/C16H17FN2O3/c1-2-3-4-14(16(21)22)19-15(20)11-7-10-8-12(17)5-6-13(10)18-9-11/h5-9,14H,2-4H2,1H3,(H,19,20)(H,21,22)/t14-/m0/s1. The predicted octanol–water partition coefficient (Wildman–Crippen LogP) is 2.75. The van der Waals surface area contributed by atoms with Crippen LogP contribution >= 0.6 is 0 Å². The van der Waals surface area contributed by atoms with Crippen LogP contribution in [0.15, 0.2) is 30.5 Å². The topological polar surface area (TPSA) is 79.3 Å². The van der Waals surface area contributed by atoms with E-state index >= 15 is 0 Å². The highest BCUT2D eigenvalue weighted by molar-refractivity contribution is 5.99. The highest BCUT2D eigenvalue weighted by Gasteiger charge is 2.20. The fourth-order valence-corrected chi connectivity index (χ4v) is 2.13. The molecule has 2 rings (SSSR count). The quantitative estimate of drug-likeness (QED) is 0.860. The average Bonchev–Trinajstić information content (AvgIpc) is 2.50. The van der Waals surface area contributed by atoms with Crippen LogP contribution in [0.1, 0.15) is 36.5 Å². The number of nitrogens with one attached hydrogen (secondary N) is 1. The second-order valence-electron chi connectivity index (χ2n) is 5.07. The Kier molecular flexibility index (Phi) is 5.04. The molecule has 5 nitrogen and oxygen atoms in total. The summed E-state index contributed by atoms with van der Waals surface area (Å²) in [7, 11) is 0. The molecule has 0 spiro atoms. The summed E-state index contributed by atoms with van der Waals surface area (Å²) in [5.74, 6) is -2.01. The van der Waals surface area contributed by atoms with Crippen LogP contribution in [0, 0.1) is 5.82 Å². The van der Waals surface area contributed by atoms with E-state index in [0.717, 1.165) is 6.42 Å². The SMILES string of the molecule is CCCC[C@H](NC(=O)c1cnc2ccc(F)cc2c1)C(=O)O. The highest BCUT2D eigenvalue weighted by Crippen LogP contribution is 2.15. The third kappa shape index (κ3) is 3.78. The summed E-state index contributed by atoms with van der Waals surface area (Å²) in [4.78, 5) is 27.4. The Morgan fingerprint density at radius 2 is 2.14 bits per heavy atom. The van der Waals surface area contributed by atoms with Crippen molar-refractivity contribution in [2.75, 3.05) is 0 Å². The summed E-state index contributed by atoms with van der Waals surface area (Å²) in [6.45, 7) is 1.95. The number of rotatable bonds is 6. The molecule has 6 heteroatoms. The van der Waals surface area contributed by atoms with Gasteiger partial charge in [0.25, 0.3) is 5.91 Å². The van der Waals surface area contributed by atoms with E-state index in [1.807, 2.05) is 6.92 Å². The smallest absolute Gasteiger partial charge is 0.326 e. The fourth-order valence-electron chi connectivity index (χ4n) is 2.13. The van der Waals surface area contributed by atoms with Crippen LogP contribution in [0.2, 0.25) is 0 Å². The Morgan fingerprint density at radius 3 is 2.82 bits per heavy atom. The molecule has 116 valence electrons. The fraction of sp³-hybridized carbons (Fsp3) is 0.312. The molecule has 0 bridgehead atoms. The van der Waals surface area contributed by atoms with Gasteiger partial charge in [-0.25, -0.2) is 9.18 Å². The first kappa shape index (κ1) is 15.9. The number of pyridine rings is 1. The van der Waals surface area contributed by atoms with Crippen molar-refractivity contribution in [1.82, 2.24) is 10.3 Å². The number of carboxylic acids is 1. The first-order chi connectivity index (χ1) is 10.5. The molecule has 0 saturated carbocycles. The van der Waals surface area contributed by atoms with E-state index in [2.05, 4.69) is 10.3 Å². The van der Waals surface area contributed by atoms with Gasteiger partial charge in [0.15, 0.2) is 0 Å². The normalized spacial score (nSPS) is 12.1. The molecule has 2 N–H and O–H groups in total. The number of nitrogens with zero attached hydrogens (tertiary/aromatic N) is 1. The molecular weight excluding hydrogens is 287 g/mol. The lowest BCUT2D eigenvalue weighted by Crippen LogP contribution is -2.40. The Balaban J connectivity index is 2.19. The lowest BCUT2D eigenvalue weighted by molar-refractivity contribution is -0.139. The third-order valence-corrected chi connectivity index (χ3v) is 3.36. The van der Waals surface area contributed by atoms with Gasteiger partial charge in [0.2, 0.25) is 0 Å². The molecular formula is C16H17FN2O3. The summed E-state index contributed by atoms with van der Waals surface area (Å²) in [6.07, 6.45) is 3.27. The molecule has 1 aromatic heterocycles. The molecule has 0 saturated heterocycles. The molecule has 0 aliphatic carbocycles. The zero-order valence-electron chi connectivity index (χ0n) is 12.2. The van der Waals surface area contributed by atoms with E-state index in [4.69, 9.17) is 5.11 Å². The van der Waals surface area contributed by atoms with Crippen LogP contribution in [0.4, 0.5) is 4.39 Å². The first-order valence-corrected chi connectivity index (χ1v) is 7.10. The van der Waals surface area contributed by atoms with E-state index in [1.165, 1.54) is 30.5 Å². The zero-order chi connectivity index (χ0) is 16.1. The second-order valence-corrected chi connectivity index (χ2v) is 5.07. The van der Waals surface area contributed by atoms with Crippen molar-refractivity contribution in [3.05, 3.63) is 41.8 Å². The van der Waals surface area contributed by atoms with E-state index in [9.17, 15) is 14.0 Å². The van der Waals surface area contributed by atoms with Crippen molar-refractivity contribution in [3.63, 3.8) is 0 Å². The second kappa shape index (κ2) is 6.98. The van der Waals surface area contributed by atoms with Crippen molar-refractivity contribution in [2.45, 2.75) is 32.2 Å². The maximum absolute atomic E-state index is 13.2. The van der Waals surface area contributed by atoms with Gasteiger partial charge >= 0.3 is 5.97 Å². The number of halogens is 1. The number of unbranched alkanes of at least 4 members (excludes halogenated alkanes) is 1. The third-order valence-electron chi connectivity index (χ3n) is 3.36. The number of carbonyl (C=O) groups excluding carboxylic acids is 1. The van der Waals surface area contributed by atoms with Gasteiger partial charge in [0, 0.05) is 11.6 Å². The molecule has 0 aliphatic rings. The van der Waals surface area contributed by atoms with Gasteiger partial charge in [-0.05, 0) is 30.7 Å². The van der Waals surface area contributed by atoms with Crippen molar-refractivity contribution in [1.29, 1.82) is 0 Å². The molecule has 2 aromatic rings. The Morgan fingerprint density at radius 1 is 1.36 bits per heavy atom. The summed E-state index contributed by atoms with van der Waals surface area (Å²) in [6, 6.07) is 4.66. The molecule has 1 amide bonds. The number of carboxylic acid groups (broad SMARTS) is 1. The van der Waals surface area contributed by atoms with Gasteiger partial charge in [-0.1, -0.05) is 19.8 Å². The molecule has 1 atom stereocenters. The van der Waals surface area contributed by atoms with Crippen LogP contribution in [0.5, 0.6) is 0 Å². The summed E-state index contributed by atoms with van der Waals surface area (Å²) in [5, 5.41) is 12.1. The van der Waals surface area contributed by atoms with Crippen molar-refractivity contribution < 1.29 is 19.1 Å². The Labute approximate surface area is 127 Å². The number of fused-ring (bicyclic) bond motifs is 1. The van der Waals surface area contributed by atoms with Crippen molar-refractivity contribution in [3.8, 4) is 0 Å². The largest absolute Gasteiger partial charge is 0.480 e. The molecule has 1 heterocycles. The van der Waals surface area contributed by atoms with Crippen LogP contribution < -0.4 is 5.32 Å². The Bertz CT molecular complexity index is 703. The number of hydrogen-bond acceptors (Lipinski definition) is 3. The molecule has 1 aromatic carbocycles. The number of aromatic nitrogens is 1. The van der Waals surface area contributed by atoms with Crippen LogP contribution in [-0.2, 0) is 4.79 Å². The lowest BCUT2D eigenvalue weighted by Gasteiger charge is -2.14. The van der Waals surface area contributed by atoms with Gasteiger partial charge in [-0.2, -0.15) is 0 Å². The van der Waals surface area contributed by atoms with Crippen LogP contribution in [0.25, 0.3) is 10.9 Å².